The fraction of sp³-hybridized carbons (Fsp3) is 0.176. The molecule has 0 atom stereocenters. The van der Waals surface area contributed by atoms with E-state index in [1.807, 2.05) is 0 Å². The van der Waals surface area contributed by atoms with Crippen LogP contribution >= 0.6 is 0 Å². The van der Waals surface area contributed by atoms with Crippen LogP contribution in [-0.4, -0.2) is 25.5 Å². The predicted molar refractivity (Wildman–Crippen MR) is 91.7 cm³/mol. The molecule has 0 fully saturated rings. The standard InChI is InChI=1S/C17H18N2O4S/c1-11(2)24(22,23)13-9-7-12(8-10-13)17(21)19-15-6-4-3-5-14(15)16(18)20/h3-11H,1-2H3,(H2,18,20)(H,19,21). The topological polar surface area (TPSA) is 106 Å². The van der Waals surface area contributed by atoms with Crippen LogP contribution in [0.3, 0.4) is 0 Å². The first-order valence-corrected chi connectivity index (χ1v) is 8.82. The lowest BCUT2D eigenvalue weighted by atomic mass is 10.1. The van der Waals surface area contributed by atoms with Crippen molar-refractivity contribution in [2.24, 2.45) is 5.73 Å². The number of anilines is 1. The Bertz CT molecular complexity index is 872. The number of primary amides is 1. The maximum absolute atomic E-state index is 12.3. The molecule has 6 nitrogen and oxygen atoms in total. The molecule has 0 aromatic heterocycles. The van der Waals surface area contributed by atoms with Crippen LogP contribution < -0.4 is 11.1 Å². The molecular formula is C17H18N2O4S. The highest BCUT2D eigenvalue weighted by Gasteiger charge is 2.19. The van der Waals surface area contributed by atoms with Crippen molar-refractivity contribution in [3.63, 3.8) is 0 Å². The molecule has 0 aliphatic rings. The van der Waals surface area contributed by atoms with Gasteiger partial charge >= 0.3 is 0 Å². The van der Waals surface area contributed by atoms with Crippen molar-refractivity contribution >= 4 is 27.3 Å². The van der Waals surface area contributed by atoms with Gasteiger partial charge in [0.2, 0.25) is 0 Å². The van der Waals surface area contributed by atoms with Crippen molar-refractivity contribution in [3.8, 4) is 0 Å². The second-order valence-corrected chi connectivity index (χ2v) is 7.99. The molecule has 0 heterocycles. The number of benzene rings is 2. The molecule has 24 heavy (non-hydrogen) atoms. The van der Waals surface area contributed by atoms with Crippen LogP contribution in [0.15, 0.2) is 53.4 Å². The SMILES string of the molecule is CC(C)S(=O)(=O)c1ccc(C(=O)Nc2ccccc2C(N)=O)cc1. The Labute approximate surface area is 140 Å². The number of para-hydroxylation sites is 1. The van der Waals surface area contributed by atoms with Gasteiger partial charge in [-0.1, -0.05) is 12.1 Å². The number of sulfone groups is 1. The molecule has 0 radical (unpaired) electrons. The minimum atomic E-state index is -3.39. The van der Waals surface area contributed by atoms with Gasteiger partial charge in [0.15, 0.2) is 9.84 Å². The van der Waals surface area contributed by atoms with Gasteiger partial charge in [-0.15, -0.1) is 0 Å². The lowest BCUT2D eigenvalue weighted by Crippen LogP contribution is -2.18. The Hall–Kier alpha value is -2.67. The smallest absolute Gasteiger partial charge is 0.255 e. The number of hydrogen-bond acceptors (Lipinski definition) is 4. The molecule has 0 bridgehead atoms. The molecule has 3 N–H and O–H groups in total. The molecule has 0 unspecified atom stereocenters. The normalized spacial score (nSPS) is 11.3. The molecule has 0 aliphatic carbocycles. The number of hydrogen-bond donors (Lipinski definition) is 2. The summed E-state index contributed by atoms with van der Waals surface area (Å²) >= 11 is 0. The van der Waals surface area contributed by atoms with E-state index in [0.717, 1.165) is 0 Å². The van der Waals surface area contributed by atoms with Gasteiger partial charge in [-0.25, -0.2) is 8.42 Å². The summed E-state index contributed by atoms with van der Waals surface area (Å²) < 4.78 is 24.1. The van der Waals surface area contributed by atoms with Gasteiger partial charge in [-0.3, -0.25) is 9.59 Å². The van der Waals surface area contributed by atoms with Crippen LogP contribution in [-0.2, 0) is 9.84 Å². The first-order valence-electron chi connectivity index (χ1n) is 7.27. The summed E-state index contributed by atoms with van der Waals surface area (Å²) in [4.78, 5) is 23.8. The fourth-order valence-corrected chi connectivity index (χ4v) is 3.13. The minimum absolute atomic E-state index is 0.159. The summed E-state index contributed by atoms with van der Waals surface area (Å²) in [5, 5.41) is 2.06. The summed E-state index contributed by atoms with van der Waals surface area (Å²) in [6, 6.07) is 12.0. The summed E-state index contributed by atoms with van der Waals surface area (Å²) in [6.07, 6.45) is 0. The Morgan fingerprint density at radius 1 is 1.00 bits per heavy atom. The summed E-state index contributed by atoms with van der Waals surface area (Å²) in [5.74, 6) is -1.11. The van der Waals surface area contributed by atoms with Gasteiger partial charge in [0, 0.05) is 5.56 Å². The van der Waals surface area contributed by atoms with Crippen LogP contribution in [0.4, 0.5) is 5.69 Å². The van der Waals surface area contributed by atoms with Gasteiger partial charge < -0.3 is 11.1 Å². The van der Waals surface area contributed by atoms with Crippen molar-refractivity contribution in [1.82, 2.24) is 0 Å². The molecule has 0 aliphatic heterocycles. The molecule has 2 rings (SSSR count). The van der Waals surface area contributed by atoms with E-state index in [1.54, 1.807) is 32.0 Å². The Morgan fingerprint density at radius 2 is 1.58 bits per heavy atom. The highest BCUT2D eigenvalue weighted by molar-refractivity contribution is 7.92. The van der Waals surface area contributed by atoms with E-state index in [-0.39, 0.29) is 16.0 Å². The van der Waals surface area contributed by atoms with Crippen LogP contribution in [0.5, 0.6) is 0 Å². The zero-order valence-electron chi connectivity index (χ0n) is 13.3. The maximum atomic E-state index is 12.3. The monoisotopic (exact) mass is 346 g/mol. The number of nitrogens with two attached hydrogens (primary N) is 1. The molecule has 0 saturated heterocycles. The third kappa shape index (κ3) is 3.62. The fourth-order valence-electron chi connectivity index (χ4n) is 2.07. The van der Waals surface area contributed by atoms with E-state index in [1.165, 1.54) is 30.3 Å². The molecule has 2 amide bonds. The third-order valence-electron chi connectivity index (χ3n) is 3.51. The van der Waals surface area contributed by atoms with E-state index in [4.69, 9.17) is 5.73 Å². The maximum Gasteiger partial charge on any atom is 0.255 e. The van der Waals surface area contributed by atoms with Crippen LogP contribution in [0.2, 0.25) is 0 Å². The van der Waals surface area contributed by atoms with E-state index in [9.17, 15) is 18.0 Å². The number of rotatable bonds is 5. The van der Waals surface area contributed by atoms with Crippen molar-refractivity contribution in [2.45, 2.75) is 24.0 Å². The summed E-state index contributed by atoms with van der Waals surface area (Å²) in [6.45, 7) is 3.19. The predicted octanol–water partition coefficient (Wildman–Crippen LogP) is 2.22. The highest BCUT2D eigenvalue weighted by atomic mass is 32.2. The van der Waals surface area contributed by atoms with Gasteiger partial charge in [0.25, 0.3) is 11.8 Å². The van der Waals surface area contributed by atoms with Gasteiger partial charge in [-0.2, -0.15) is 0 Å². The van der Waals surface area contributed by atoms with Crippen LogP contribution in [0.25, 0.3) is 0 Å². The Balaban J connectivity index is 2.25. The van der Waals surface area contributed by atoms with E-state index in [0.29, 0.717) is 5.69 Å². The minimum Gasteiger partial charge on any atom is -0.366 e. The number of nitrogens with one attached hydrogen (secondary N) is 1. The zero-order chi connectivity index (χ0) is 17.9. The first-order chi connectivity index (χ1) is 11.2. The second kappa shape index (κ2) is 6.84. The largest absolute Gasteiger partial charge is 0.366 e. The molecule has 2 aromatic carbocycles. The van der Waals surface area contributed by atoms with Gasteiger partial charge in [0.05, 0.1) is 21.4 Å². The lowest BCUT2D eigenvalue weighted by Gasteiger charge is -2.10. The van der Waals surface area contributed by atoms with E-state index >= 15 is 0 Å². The van der Waals surface area contributed by atoms with Gasteiger partial charge in [0.1, 0.15) is 0 Å². The van der Waals surface area contributed by atoms with Crippen molar-refractivity contribution in [3.05, 3.63) is 59.7 Å². The van der Waals surface area contributed by atoms with Crippen molar-refractivity contribution in [1.29, 1.82) is 0 Å². The lowest BCUT2D eigenvalue weighted by molar-refractivity contribution is 0.100. The molecule has 7 heteroatoms. The Morgan fingerprint density at radius 3 is 2.12 bits per heavy atom. The molecule has 0 saturated carbocycles. The average Bonchev–Trinajstić information content (AvgIpc) is 2.55. The molecule has 0 spiro atoms. The summed E-state index contributed by atoms with van der Waals surface area (Å²) in [5.41, 5.74) is 6.04. The van der Waals surface area contributed by atoms with Crippen LogP contribution in [0.1, 0.15) is 34.6 Å². The number of carbonyl (C=O) groups is 2. The van der Waals surface area contributed by atoms with Crippen molar-refractivity contribution in [2.75, 3.05) is 5.32 Å². The molecular weight excluding hydrogens is 328 g/mol. The van der Waals surface area contributed by atoms with E-state index < -0.39 is 26.9 Å². The molecule has 2 aromatic rings. The van der Waals surface area contributed by atoms with Crippen LogP contribution in [0, 0.1) is 0 Å². The van der Waals surface area contributed by atoms with Crippen molar-refractivity contribution < 1.29 is 18.0 Å². The summed E-state index contributed by atoms with van der Waals surface area (Å²) in [7, 11) is -3.39. The zero-order valence-corrected chi connectivity index (χ0v) is 14.1. The Kier molecular flexibility index (Phi) is 5.04. The third-order valence-corrected chi connectivity index (χ3v) is 5.68. The first kappa shape index (κ1) is 17.7. The molecule has 126 valence electrons. The number of carbonyl (C=O) groups excluding carboxylic acids is 2. The van der Waals surface area contributed by atoms with Gasteiger partial charge in [-0.05, 0) is 50.2 Å². The second-order valence-electron chi connectivity index (χ2n) is 5.48. The quantitative estimate of drug-likeness (QED) is 0.865. The number of amides is 2. The average molecular weight is 346 g/mol. The van der Waals surface area contributed by atoms with E-state index in [2.05, 4.69) is 5.32 Å². The highest BCUT2D eigenvalue weighted by Crippen LogP contribution is 2.19.